The Morgan fingerprint density at radius 1 is 1.00 bits per heavy atom. The number of halogens is 1. The standard InChI is InChI=1S/C13H10ClNO4/c14-10-5-7(1-4-11(10)17)15-13(19)9-3-2-8(16)6-12(9)18/h1-6,16-18H,(H,15,19). The summed E-state index contributed by atoms with van der Waals surface area (Å²) in [6, 6.07) is 7.84. The first-order valence-electron chi connectivity index (χ1n) is 5.29. The first-order chi connectivity index (χ1) is 8.97. The van der Waals surface area contributed by atoms with Crippen molar-refractivity contribution in [1.82, 2.24) is 0 Å². The lowest BCUT2D eigenvalue weighted by atomic mass is 10.1. The lowest BCUT2D eigenvalue weighted by Gasteiger charge is -2.08. The normalized spacial score (nSPS) is 10.2. The van der Waals surface area contributed by atoms with E-state index in [0.29, 0.717) is 5.69 Å². The Balaban J connectivity index is 2.23. The van der Waals surface area contributed by atoms with Crippen LogP contribution in [0.3, 0.4) is 0 Å². The van der Waals surface area contributed by atoms with Gasteiger partial charge in [-0.25, -0.2) is 0 Å². The molecule has 5 nitrogen and oxygen atoms in total. The zero-order chi connectivity index (χ0) is 14.0. The number of anilines is 1. The molecule has 2 rings (SSSR count). The first-order valence-corrected chi connectivity index (χ1v) is 5.67. The Morgan fingerprint density at radius 2 is 1.74 bits per heavy atom. The first kappa shape index (κ1) is 13.0. The maximum Gasteiger partial charge on any atom is 0.259 e. The largest absolute Gasteiger partial charge is 0.508 e. The minimum atomic E-state index is -0.556. The van der Waals surface area contributed by atoms with Gasteiger partial charge in [0.05, 0.1) is 10.6 Å². The fourth-order valence-electron chi connectivity index (χ4n) is 1.50. The minimum Gasteiger partial charge on any atom is -0.508 e. The van der Waals surface area contributed by atoms with Crippen molar-refractivity contribution in [2.24, 2.45) is 0 Å². The summed E-state index contributed by atoms with van der Waals surface area (Å²) in [5, 5.41) is 30.6. The summed E-state index contributed by atoms with van der Waals surface area (Å²) in [6.45, 7) is 0. The van der Waals surface area contributed by atoms with E-state index in [2.05, 4.69) is 5.32 Å². The van der Waals surface area contributed by atoms with Crippen LogP contribution in [0.5, 0.6) is 17.2 Å². The molecule has 0 aliphatic rings. The highest BCUT2D eigenvalue weighted by Gasteiger charge is 2.12. The average molecular weight is 280 g/mol. The van der Waals surface area contributed by atoms with E-state index in [1.807, 2.05) is 0 Å². The van der Waals surface area contributed by atoms with E-state index in [4.69, 9.17) is 16.7 Å². The molecule has 0 saturated heterocycles. The molecular weight excluding hydrogens is 270 g/mol. The van der Waals surface area contributed by atoms with Crippen LogP contribution >= 0.6 is 11.6 Å². The van der Waals surface area contributed by atoms with Crippen molar-refractivity contribution in [3.8, 4) is 17.2 Å². The second-order valence-electron chi connectivity index (χ2n) is 3.82. The van der Waals surface area contributed by atoms with E-state index in [1.165, 1.54) is 30.3 Å². The summed E-state index contributed by atoms with van der Waals surface area (Å²) in [7, 11) is 0. The van der Waals surface area contributed by atoms with Gasteiger partial charge >= 0.3 is 0 Å². The molecule has 6 heteroatoms. The number of rotatable bonds is 2. The number of amides is 1. The van der Waals surface area contributed by atoms with Gasteiger partial charge in [-0.1, -0.05) is 11.6 Å². The minimum absolute atomic E-state index is 0.0157. The van der Waals surface area contributed by atoms with Gasteiger partial charge in [0.2, 0.25) is 0 Å². The van der Waals surface area contributed by atoms with E-state index in [0.717, 1.165) is 6.07 Å². The molecule has 0 aliphatic heterocycles. The summed E-state index contributed by atoms with van der Waals surface area (Å²) >= 11 is 5.71. The van der Waals surface area contributed by atoms with Crippen LogP contribution in [0.15, 0.2) is 36.4 Å². The van der Waals surface area contributed by atoms with Gasteiger partial charge < -0.3 is 20.6 Å². The number of carbonyl (C=O) groups excluding carboxylic acids is 1. The van der Waals surface area contributed by atoms with Gasteiger partial charge in [0, 0.05) is 11.8 Å². The number of nitrogens with one attached hydrogen (secondary N) is 1. The van der Waals surface area contributed by atoms with Crippen LogP contribution in [0.4, 0.5) is 5.69 Å². The van der Waals surface area contributed by atoms with Crippen LogP contribution in [0, 0.1) is 0 Å². The van der Waals surface area contributed by atoms with Crippen molar-refractivity contribution in [3.05, 3.63) is 47.0 Å². The smallest absolute Gasteiger partial charge is 0.259 e. The van der Waals surface area contributed by atoms with Crippen molar-refractivity contribution in [1.29, 1.82) is 0 Å². The molecule has 2 aromatic rings. The molecule has 2 aromatic carbocycles. The topological polar surface area (TPSA) is 89.8 Å². The van der Waals surface area contributed by atoms with Crippen LogP contribution in [-0.2, 0) is 0 Å². The number of phenolic OH excluding ortho intramolecular Hbond substituents is 3. The molecule has 1 amide bonds. The summed E-state index contributed by atoms with van der Waals surface area (Å²) in [6.07, 6.45) is 0. The third-order valence-electron chi connectivity index (χ3n) is 2.43. The summed E-state index contributed by atoms with van der Waals surface area (Å²) < 4.78 is 0. The third kappa shape index (κ3) is 2.89. The second kappa shape index (κ2) is 5.07. The molecule has 4 N–H and O–H groups in total. The maximum atomic E-state index is 11.9. The molecule has 0 fully saturated rings. The molecule has 19 heavy (non-hydrogen) atoms. The van der Waals surface area contributed by atoms with Crippen molar-refractivity contribution >= 4 is 23.2 Å². The quantitative estimate of drug-likeness (QED) is 0.636. The van der Waals surface area contributed by atoms with Gasteiger partial charge in [-0.2, -0.15) is 0 Å². The van der Waals surface area contributed by atoms with Crippen molar-refractivity contribution < 1.29 is 20.1 Å². The molecule has 0 unspecified atom stereocenters. The van der Waals surface area contributed by atoms with Gasteiger partial charge in [0.15, 0.2) is 0 Å². The molecule has 0 aromatic heterocycles. The monoisotopic (exact) mass is 279 g/mol. The molecule has 0 bridgehead atoms. The van der Waals surface area contributed by atoms with E-state index < -0.39 is 5.91 Å². The fraction of sp³-hybridized carbons (Fsp3) is 0. The van der Waals surface area contributed by atoms with Gasteiger partial charge in [-0.15, -0.1) is 0 Å². The molecule has 0 heterocycles. The fourth-order valence-corrected chi connectivity index (χ4v) is 1.68. The molecule has 0 saturated carbocycles. The Kier molecular flexibility index (Phi) is 3.48. The van der Waals surface area contributed by atoms with E-state index in [9.17, 15) is 15.0 Å². The molecule has 0 aliphatic carbocycles. The Bertz CT molecular complexity index is 643. The molecular formula is C13H10ClNO4. The Hall–Kier alpha value is -2.40. The SMILES string of the molecule is O=C(Nc1ccc(O)c(Cl)c1)c1ccc(O)cc1O. The van der Waals surface area contributed by atoms with Crippen LogP contribution < -0.4 is 5.32 Å². The number of hydrogen-bond donors (Lipinski definition) is 4. The zero-order valence-electron chi connectivity index (χ0n) is 9.59. The van der Waals surface area contributed by atoms with Gasteiger partial charge in [-0.05, 0) is 30.3 Å². The number of carbonyl (C=O) groups is 1. The van der Waals surface area contributed by atoms with Crippen molar-refractivity contribution in [2.75, 3.05) is 5.32 Å². The highest BCUT2D eigenvalue weighted by atomic mass is 35.5. The highest BCUT2D eigenvalue weighted by molar-refractivity contribution is 6.32. The molecule has 0 atom stereocenters. The number of aromatic hydroxyl groups is 3. The number of phenols is 3. The van der Waals surface area contributed by atoms with Gasteiger partial charge in [0.1, 0.15) is 17.2 Å². The lowest BCUT2D eigenvalue weighted by Crippen LogP contribution is -2.11. The Morgan fingerprint density at radius 3 is 2.37 bits per heavy atom. The van der Waals surface area contributed by atoms with Crippen molar-refractivity contribution in [3.63, 3.8) is 0 Å². The average Bonchev–Trinajstić information content (AvgIpc) is 2.33. The maximum absolute atomic E-state index is 11.9. The van der Waals surface area contributed by atoms with E-state index >= 15 is 0 Å². The van der Waals surface area contributed by atoms with E-state index in [1.54, 1.807) is 0 Å². The predicted molar refractivity (Wildman–Crippen MR) is 70.8 cm³/mol. The van der Waals surface area contributed by atoms with Crippen LogP contribution in [0.2, 0.25) is 5.02 Å². The lowest BCUT2D eigenvalue weighted by molar-refractivity contribution is 0.102. The van der Waals surface area contributed by atoms with Crippen LogP contribution in [0.1, 0.15) is 10.4 Å². The Labute approximate surface area is 113 Å². The third-order valence-corrected chi connectivity index (χ3v) is 2.73. The van der Waals surface area contributed by atoms with Crippen LogP contribution in [0.25, 0.3) is 0 Å². The number of benzene rings is 2. The molecule has 0 radical (unpaired) electrons. The van der Waals surface area contributed by atoms with Gasteiger partial charge in [0.25, 0.3) is 5.91 Å². The summed E-state index contributed by atoms with van der Waals surface area (Å²) in [5.74, 6) is -1.12. The number of hydrogen-bond acceptors (Lipinski definition) is 4. The van der Waals surface area contributed by atoms with Crippen LogP contribution in [-0.4, -0.2) is 21.2 Å². The summed E-state index contributed by atoms with van der Waals surface area (Å²) in [4.78, 5) is 11.9. The van der Waals surface area contributed by atoms with Gasteiger partial charge in [-0.3, -0.25) is 4.79 Å². The van der Waals surface area contributed by atoms with Crippen molar-refractivity contribution in [2.45, 2.75) is 0 Å². The molecule has 98 valence electrons. The zero-order valence-corrected chi connectivity index (χ0v) is 10.3. The summed E-state index contributed by atoms with van der Waals surface area (Å²) in [5.41, 5.74) is 0.391. The molecule has 0 spiro atoms. The second-order valence-corrected chi connectivity index (χ2v) is 4.23. The predicted octanol–water partition coefficient (Wildman–Crippen LogP) is 2.71. The highest BCUT2D eigenvalue weighted by Crippen LogP contribution is 2.27. The van der Waals surface area contributed by atoms with E-state index in [-0.39, 0.29) is 27.8 Å².